The number of H-pyrrole nitrogens is 1. The summed E-state index contributed by atoms with van der Waals surface area (Å²) in [6, 6.07) is 4.60. The molecule has 0 bridgehead atoms. The number of halogens is 3. The van der Waals surface area contributed by atoms with Crippen LogP contribution < -0.4 is 10.9 Å². The van der Waals surface area contributed by atoms with E-state index in [1.54, 1.807) is 0 Å². The lowest BCUT2D eigenvalue weighted by atomic mass is 10.2. The number of carbonyl (C=O) groups is 1. The largest absolute Gasteiger partial charge is 0.441 e. The van der Waals surface area contributed by atoms with Gasteiger partial charge in [-0.1, -0.05) is 0 Å². The number of rotatable bonds is 5. The van der Waals surface area contributed by atoms with Crippen LogP contribution in [0, 0.1) is 11.6 Å². The van der Waals surface area contributed by atoms with Crippen LogP contribution in [0.15, 0.2) is 50.3 Å². The van der Waals surface area contributed by atoms with E-state index in [2.05, 4.69) is 31.2 Å². The predicted octanol–water partition coefficient (Wildman–Crippen LogP) is 3.64. The van der Waals surface area contributed by atoms with E-state index in [0.29, 0.717) is 4.47 Å². The molecule has 0 aliphatic heterocycles. The number of hydrogen-bond acceptors (Lipinski definition) is 4. The third kappa shape index (κ3) is 4.23. The molecule has 3 aromatic rings. The molecule has 2 heterocycles. The minimum absolute atomic E-state index is 0.0117. The van der Waals surface area contributed by atoms with Crippen molar-refractivity contribution in [2.75, 3.05) is 5.32 Å². The van der Waals surface area contributed by atoms with Gasteiger partial charge in [0.2, 0.25) is 5.91 Å². The quantitative estimate of drug-likeness (QED) is 0.655. The predicted molar refractivity (Wildman–Crippen MR) is 93.6 cm³/mol. The van der Waals surface area contributed by atoms with Gasteiger partial charge in [-0.3, -0.25) is 9.59 Å². The molecule has 2 N–H and O–H groups in total. The van der Waals surface area contributed by atoms with E-state index >= 15 is 0 Å². The Hall–Kier alpha value is -2.81. The van der Waals surface area contributed by atoms with Gasteiger partial charge in [0.25, 0.3) is 5.56 Å². The molecule has 134 valence electrons. The Morgan fingerprint density at radius 1 is 1.31 bits per heavy atom. The number of nitrogens with zero attached hydrogens (tertiary/aromatic N) is 1. The Morgan fingerprint density at radius 3 is 2.88 bits per heavy atom. The fourth-order valence-electron chi connectivity index (χ4n) is 2.22. The minimum atomic E-state index is -0.765. The summed E-state index contributed by atoms with van der Waals surface area (Å²) in [4.78, 5) is 30.0. The molecule has 26 heavy (non-hydrogen) atoms. The number of benzene rings is 1. The molecule has 0 unspecified atom stereocenters. The summed E-state index contributed by atoms with van der Waals surface area (Å²) in [6.07, 6.45) is 2.93. The van der Waals surface area contributed by atoms with Gasteiger partial charge in [0.1, 0.15) is 17.3 Å². The molecule has 9 heteroatoms. The lowest BCUT2D eigenvalue weighted by molar-refractivity contribution is -0.116. The summed E-state index contributed by atoms with van der Waals surface area (Å²) >= 11 is 3.20. The van der Waals surface area contributed by atoms with Crippen LogP contribution in [-0.4, -0.2) is 15.9 Å². The van der Waals surface area contributed by atoms with Crippen molar-refractivity contribution in [3.8, 4) is 11.3 Å². The minimum Gasteiger partial charge on any atom is -0.441 e. The molecule has 6 nitrogen and oxygen atoms in total. The highest BCUT2D eigenvalue weighted by atomic mass is 79.9. The second-order valence-corrected chi connectivity index (χ2v) is 6.27. The van der Waals surface area contributed by atoms with Gasteiger partial charge in [-0.15, -0.1) is 0 Å². The van der Waals surface area contributed by atoms with Gasteiger partial charge in [0.15, 0.2) is 11.7 Å². The van der Waals surface area contributed by atoms with Crippen LogP contribution in [0.5, 0.6) is 0 Å². The van der Waals surface area contributed by atoms with Crippen molar-refractivity contribution >= 4 is 27.5 Å². The van der Waals surface area contributed by atoms with Crippen LogP contribution in [0.3, 0.4) is 0 Å². The maximum atomic E-state index is 13.7. The fourth-order valence-corrected chi connectivity index (χ4v) is 2.57. The standard InChI is InChI=1S/C17H12BrF2N3O3/c18-9-5-13(17(25)22-7-9)23-15(24)3-4-16-21-8-14(26-16)11-2-1-10(19)6-12(11)20/h1-2,5-8H,3-4H2,(H,22,25)(H,23,24). The van der Waals surface area contributed by atoms with E-state index in [1.165, 1.54) is 24.5 Å². The van der Waals surface area contributed by atoms with Gasteiger partial charge in [-0.25, -0.2) is 13.8 Å². The molecule has 1 amide bonds. The second kappa shape index (κ2) is 7.61. The van der Waals surface area contributed by atoms with Crippen molar-refractivity contribution < 1.29 is 18.0 Å². The lowest BCUT2D eigenvalue weighted by Crippen LogP contribution is -2.19. The molecule has 0 saturated heterocycles. The van der Waals surface area contributed by atoms with Gasteiger partial charge in [0, 0.05) is 29.6 Å². The van der Waals surface area contributed by atoms with E-state index in [0.717, 1.165) is 12.1 Å². The lowest BCUT2D eigenvalue weighted by Gasteiger charge is -2.03. The molecule has 3 rings (SSSR count). The molecule has 0 aliphatic rings. The summed E-state index contributed by atoms with van der Waals surface area (Å²) in [5, 5.41) is 2.49. The zero-order valence-corrected chi connectivity index (χ0v) is 14.8. The zero-order chi connectivity index (χ0) is 18.7. The monoisotopic (exact) mass is 423 g/mol. The average Bonchev–Trinajstić information content (AvgIpc) is 3.05. The number of carbonyl (C=O) groups excluding carboxylic acids is 1. The number of anilines is 1. The van der Waals surface area contributed by atoms with Crippen molar-refractivity contribution in [1.82, 2.24) is 9.97 Å². The van der Waals surface area contributed by atoms with E-state index in [-0.39, 0.29) is 35.7 Å². The van der Waals surface area contributed by atoms with Crippen LogP contribution in [0.25, 0.3) is 11.3 Å². The number of pyridine rings is 1. The normalized spacial score (nSPS) is 10.7. The molecule has 1 aromatic carbocycles. The summed E-state index contributed by atoms with van der Waals surface area (Å²) in [5.41, 5.74) is -0.229. The summed E-state index contributed by atoms with van der Waals surface area (Å²) < 4.78 is 32.7. The van der Waals surface area contributed by atoms with E-state index in [4.69, 9.17) is 4.42 Å². The third-order valence-corrected chi connectivity index (χ3v) is 3.92. The van der Waals surface area contributed by atoms with E-state index in [9.17, 15) is 18.4 Å². The molecule has 0 atom stereocenters. The van der Waals surface area contributed by atoms with Crippen molar-refractivity contribution in [3.63, 3.8) is 0 Å². The summed E-state index contributed by atoms with van der Waals surface area (Å²) in [7, 11) is 0. The Kier molecular flexibility index (Phi) is 5.27. The topological polar surface area (TPSA) is 88.0 Å². The smallest absolute Gasteiger partial charge is 0.271 e. The zero-order valence-electron chi connectivity index (χ0n) is 13.2. The highest BCUT2D eigenvalue weighted by Crippen LogP contribution is 2.24. The first-order valence-corrected chi connectivity index (χ1v) is 8.30. The molecule has 2 aromatic heterocycles. The number of aryl methyl sites for hydroxylation is 1. The first-order chi connectivity index (χ1) is 12.4. The number of nitrogens with one attached hydrogen (secondary N) is 2. The molecular weight excluding hydrogens is 412 g/mol. The maximum Gasteiger partial charge on any atom is 0.271 e. The second-order valence-electron chi connectivity index (χ2n) is 5.35. The van der Waals surface area contributed by atoms with Crippen LogP contribution in [-0.2, 0) is 11.2 Å². The number of aromatic amines is 1. The maximum absolute atomic E-state index is 13.7. The number of hydrogen-bond donors (Lipinski definition) is 2. The Morgan fingerprint density at radius 2 is 2.12 bits per heavy atom. The Bertz CT molecular complexity index is 1020. The average molecular weight is 424 g/mol. The molecule has 0 radical (unpaired) electrons. The first kappa shape index (κ1) is 18.0. The summed E-state index contributed by atoms with van der Waals surface area (Å²) in [6.45, 7) is 0. The SMILES string of the molecule is O=C(CCc1ncc(-c2ccc(F)cc2F)o1)Nc1cc(Br)c[nH]c1=O. The van der Waals surface area contributed by atoms with Gasteiger partial charge < -0.3 is 14.7 Å². The first-order valence-electron chi connectivity index (χ1n) is 7.50. The highest BCUT2D eigenvalue weighted by Gasteiger charge is 2.13. The Balaban J connectivity index is 1.63. The van der Waals surface area contributed by atoms with Gasteiger partial charge in [-0.2, -0.15) is 0 Å². The molecule has 0 fully saturated rings. The van der Waals surface area contributed by atoms with Crippen molar-refractivity contribution in [1.29, 1.82) is 0 Å². The van der Waals surface area contributed by atoms with Gasteiger partial charge in [-0.05, 0) is 34.1 Å². The van der Waals surface area contributed by atoms with Crippen LogP contribution in [0.1, 0.15) is 12.3 Å². The molecule has 0 aliphatic carbocycles. The van der Waals surface area contributed by atoms with E-state index in [1.807, 2.05) is 0 Å². The molecule has 0 saturated carbocycles. The highest BCUT2D eigenvalue weighted by molar-refractivity contribution is 9.10. The number of aromatic nitrogens is 2. The fraction of sp³-hybridized carbons (Fsp3) is 0.118. The van der Waals surface area contributed by atoms with Crippen molar-refractivity contribution in [3.05, 3.63) is 69.0 Å². The van der Waals surface area contributed by atoms with Gasteiger partial charge >= 0.3 is 0 Å². The van der Waals surface area contributed by atoms with Gasteiger partial charge in [0.05, 0.1) is 11.8 Å². The van der Waals surface area contributed by atoms with Crippen molar-refractivity contribution in [2.45, 2.75) is 12.8 Å². The van der Waals surface area contributed by atoms with Crippen molar-refractivity contribution in [2.24, 2.45) is 0 Å². The third-order valence-electron chi connectivity index (χ3n) is 3.46. The number of oxazole rings is 1. The van der Waals surface area contributed by atoms with Crippen LogP contribution >= 0.6 is 15.9 Å². The number of amides is 1. The van der Waals surface area contributed by atoms with Crippen LogP contribution in [0.2, 0.25) is 0 Å². The van der Waals surface area contributed by atoms with Crippen LogP contribution in [0.4, 0.5) is 14.5 Å². The van der Waals surface area contributed by atoms with E-state index < -0.39 is 23.1 Å². The summed E-state index contributed by atoms with van der Waals surface area (Å²) in [5.74, 6) is -1.49. The Labute approximate surface area is 154 Å². The molecular formula is C17H12BrF2N3O3. The molecule has 0 spiro atoms.